The molecule has 112 valence electrons. The Kier molecular flexibility index (Phi) is 4.38. The van der Waals surface area contributed by atoms with Gasteiger partial charge < -0.3 is 20.1 Å². The lowest BCUT2D eigenvalue weighted by molar-refractivity contribution is -0.00463. The summed E-state index contributed by atoms with van der Waals surface area (Å²) in [5.41, 5.74) is 7.03. The number of methoxy groups -OCH3 is 1. The molecule has 5 heteroatoms. The molecule has 0 amide bonds. The molecule has 1 aromatic rings. The highest BCUT2D eigenvalue weighted by Gasteiger charge is 2.31. The fourth-order valence-corrected chi connectivity index (χ4v) is 2.68. The number of halogens is 1. The van der Waals surface area contributed by atoms with Crippen molar-refractivity contribution in [3.8, 4) is 5.75 Å². The number of nitrogens with zero attached hydrogens (tertiary/aromatic N) is 1. The van der Waals surface area contributed by atoms with E-state index >= 15 is 0 Å². The highest BCUT2D eigenvalue weighted by molar-refractivity contribution is 5.70. The Morgan fingerprint density at radius 3 is 2.85 bits per heavy atom. The smallest absolute Gasteiger partial charge is 0.167 e. The van der Waals surface area contributed by atoms with Crippen molar-refractivity contribution in [2.75, 3.05) is 37.4 Å². The van der Waals surface area contributed by atoms with Crippen molar-refractivity contribution >= 4 is 11.4 Å². The normalized spacial score (nSPS) is 22.9. The lowest BCUT2D eigenvalue weighted by Crippen LogP contribution is -2.47. The van der Waals surface area contributed by atoms with Crippen LogP contribution in [0.1, 0.15) is 26.7 Å². The number of benzene rings is 1. The second-order valence-corrected chi connectivity index (χ2v) is 5.45. The van der Waals surface area contributed by atoms with Crippen LogP contribution in [0.4, 0.5) is 15.8 Å². The lowest BCUT2D eigenvalue weighted by Gasteiger charge is -2.41. The predicted octanol–water partition coefficient (Wildman–Crippen LogP) is 2.81. The summed E-state index contributed by atoms with van der Waals surface area (Å²) in [4.78, 5) is 2.14. The minimum Gasteiger partial charge on any atom is -0.491 e. The van der Waals surface area contributed by atoms with Crippen LogP contribution in [0, 0.1) is 5.82 Å². The van der Waals surface area contributed by atoms with E-state index in [-0.39, 0.29) is 11.4 Å². The standard InChI is InChI=1S/C15H23FN2O2/c1-4-20-14-9-13(12(17)8-11(14)16)18-7-5-6-15(2,10-18)19-3/h8-9H,4-7,10,17H2,1-3H3. The minimum absolute atomic E-state index is 0.190. The van der Waals surface area contributed by atoms with Crippen LogP contribution in [0.25, 0.3) is 0 Å². The van der Waals surface area contributed by atoms with Gasteiger partial charge in [0.25, 0.3) is 0 Å². The maximum absolute atomic E-state index is 13.8. The second-order valence-electron chi connectivity index (χ2n) is 5.45. The first-order chi connectivity index (χ1) is 9.49. The van der Waals surface area contributed by atoms with E-state index in [2.05, 4.69) is 11.8 Å². The Morgan fingerprint density at radius 1 is 1.45 bits per heavy atom. The van der Waals surface area contributed by atoms with Gasteiger partial charge >= 0.3 is 0 Å². The zero-order chi connectivity index (χ0) is 14.8. The van der Waals surface area contributed by atoms with Crippen molar-refractivity contribution in [1.29, 1.82) is 0 Å². The van der Waals surface area contributed by atoms with Crippen molar-refractivity contribution in [2.45, 2.75) is 32.3 Å². The number of piperidine rings is 1. The number of nitrogen functional groups attached to an aromatic ring is 1. The van der Waals surface area contributed by atoms with Crippen molar-refractivity contribution in [3.63, 3.8) is 0 Å². The van der Waals surface area contributed by atoms with Crippen LogP contribution in [-0.4, -0.2) is 32.4 Å². The molecule has 1 aliphatic rings. The maximum Gasteiger partial charge on any atom is 0.167 e. The molecule has 2 N–H and O–H groups in total. The summed E-state index contributed by atoms with van der Waals surface area (Å²) in [5, 5.41) is 0. The molecule has 1 saturated heterocycles. The highest BCUT2D eigenvalue weighted by atomic mass is 19.1. The molecule has 1 fully saturated rings. The summed E-state index contributed by atoms with van der Waals surface area (Å²) in [6.45, 7) is 5.97. The molecule has 0 aromatic heterocycles. The van der Waals surface area contributed by atoms with Gasteiger partial charge in [0.1, 0.15) is 0 Å². The number of ether oxygens (including phenoxy) is 2. The quantitative estimate of drug-likeness (QED) is 0.863. The summed E-state index contributed by atoms with van der Waals surface area (Å²) in [6, 6.07) is 3.02. The summed E-state index contributed by atoms with van der Waals surface area (Å²) >= 11 is 0. The number of nitrogens with two attached hydrogens (primary N) is 1. The first kappa shape index (κ1) is 14.9. The molecule has 1 heterocycles. The summed E-state index contributed by atoms with van der Waals surface area (Å²) in [7, 11) is 1.73. The van der Waals surface area contributed by atoms with Gasteiger partial charge in [-0.05, 0) is 26.7 Å². The minimum atomic E-state index is -0.417. The van der Waals surface area contributed by atoms with Gasteiger partial charge in [0.2, 0.25) is 0 Å². The molecule has 2 rings (SSSR count). The van der Waals surface area contributed by atoms with Gasteiger partial charge in [-0.3, -0.25) is 0 Å². The third-order valence-electron chi connectivity index (χ3n) is 3.87. The predicted molar refractivity (Wildman–Crippen MR) is 78.8 cm³/mol. The second kappa shape index (κ2) is 5.87. The van der Waals surface area contributed by atoms with E-state index in [1.807, 2.05) is 6.92 Å². The Labute approximate surface area is 119 Å². The van der Waals surface area contributed by atoms with Crippen molar-refractivity contribution in [1.82, 2.24) is 0 Å². The molecule has 0 saturated carbocycles. The van der Waals surface area contributed by atoms with E-state index in [1.165, 1.54) is 6.07 Å². The number of rotatable bonds is 4. The molecule has 1 unspecified atom stereocenters. The molecular weight excluding hydrogens is 259 g/mol. The van der Waals surface area contributed by atoms with Crippen molar-refractivity contribution in [3.05, 3.63) is 17.9 Å². The van der Waals surface area contributed by atoms with Crippen LogP contribution in [0.3, 0.4) is 0 Å². The first-order valence-electron chi connectivity index (χ1n) is 7.01. The van der Waals surface area contributed by atoms with Crippen molar-refractivity contribution < 1.29 is 13.9 Å². The number of hydrogen-bond acceptors (Lipinski definition) is 4. The molecule has 1 atom stereocenters. The van der Waals surface area contributed by atoms with E-state index in [0.717, 1.165) is 31.6 Å². The van der Waals surface area contributed by atoms with E-state index in [1.54, 1.807) is 13.2 Å². The molecule has 0 aliphatic carbocycles. The van der Waals surface area contributed by atoms with E-state index < -0.39 is 5.82 Å². The first-order valence-corrected chi connectivity index (χ1v) is 7.01. The SMILES string of the molecule is CCOc1cc(N2CCCC(C)(OC)C2)c(N)cc1F. The number of anilines is 2. The zero-order valence-corrected chi connectivity index (χ0v) is 12.4. The van der Waals surface area contributed by atoms with E-state index in [0.29, 0.717) is 12.3 Å². The van der Waals surface area contributed by atoms with Gasteiger partial charge in [0.05, 0.1) is 23.6 Å². The molecule has 1 aliphatic heterocycles. The molecule has 1 aromatic carbocycles. The monoisotopic (exact) mass is 282 g/mol. The molecule has 0 bridgehead atoms. The Bertz CT molecular complexity index is 481. The third-order valence-corrected chi connectivity index (χ3v) is 3.87. The number of hydrogen-bond donors (Lipinski definition) is 1. The topological polar surface area (TPSA) is 47.7 Å². The van der Waals surface area contributed by atoms with Crippen LogP contribution in [0.2, 0.25) is 0 Å². The van der Waals surface area contributed by atoms with Crippen LogP contribution in [0.5, 0.6) is 5.75 Å². The molecular formula is C15H23FN2O2. The van der Waals surface area contributed by atoms with Crippen LogP contribution >= 0.6 is 0 Å². The fourth-order valence-electron chi connectivity index (χ4n) is 2.68. The zero-order valence-electron chi connectivity index (χ0n) is 12.4. The van der Waals surface area contributed by atoms with Gasteiger partial charge in [-0.1, -0.05) is 0 Å². The van der Waals surface area contributed by atoms with Gasteiger partial charge in [-0.25, -0.2) is 4.39 Å². The van der Waals surface area contributed by atoms with Gasteiger partial charge in [-0.15, -0.1) is 0 Å². The Morgan fingerprint density at radius 2 is 2.20 bits per heavy atom. The van der Waals surface area contributed by atoms with Crippen LogP contribution < -0.4 is 15.4 Å². The van der Waals surface area contributed by atoms with Gasteiger partial charge in [0.15, 0.2) is 11.6 Å². The summed E-state index contributed by atoms with van der Waals surface area (Å²) in [6.07, 6.45) is 2.03. The van der Waals surface area contributed by atoms with Crippen molar-refractivity contribution in [2.24, 2.45) is 0 Å². The largest absolute Gasteiger partial charge is 0.491 e. The summed E-state index contributed by atoms with van der Waals surface area (Å²) < 4.78 is 24.7. The maximum atomic E-state index is 13.8. The highest BCUT2D eigenvalue weighted by Crippen LogP contribution is 2.35. The Hall–Kier alpha value is -1.49. The van der Waals surface area contributed by atoms with E-state index in [4.69, 9.17) is 15.2 Å². The van der Waals surface area contributed by atoms with Crippen LogP contribution in [0.15, 0.2) is 12.1 Å². The Balaban J connectivity index is 2.29. The average molecular weight is 282 g/mol. The average Bonchev–Trinajstić information content (AvgIpc) is 2.42. The van der Waals surface area contributed by atoms with Crippen LogP contribution in [-0.2, 0) is 4.74 Å². The van der Waals surface area contributed by atoms with Gasteiger partial charge in [0, 0.05) is 32.3 Å². The molecule has 20 heavy (non-hydrogen) atoms. The van der Waals surface area contributed by atoms with E-state index in [9.17, 15) is 4.39 Å². The van der Waals surface area contributed by atoms with Gasteiger partial charge in [-0.2, -0.15) is 0 Å². The lowest BCUT2D eigenvalue weighted by atomic mass is 9.94. The molecule has 0 radical (unpaired) electrons. The molecule has 0 spiro atoms. The fraction of sp³-hybridized carbons (Fsp3) is 0.600. The molecule has 4 nitrogen and oxygen atoms in total. The summed E-state index contributed by atoms with van der Waals surface area (Å²) in [5.74, 6) is -0.166. The third kappa shape index (κ3) is 2.98.